The van der Waals surface area contributed by atoms with Crippen molar-refractivity contribution in [2.75, 3.05) is 0 Å². The molecule has 3 rings (SSSR count). The number of halogens is 1. The number of aromatic nitrogens is 1. The zero-order valence-electron chi connectivity index (χ0n) is 10.8. The third-order valence-corrected chi connectivity index (χ3v) is 3.54. The van der Waals surface area contributed by atoms with Gasteiger partial charge in [-0.25, -0.2) is 4.39 Å². The van der Waals surface area contributed by atoms with Gasteiger partial charge in [-0.05, 0) is 43.0 Å². The summed E-state index contributed by atoms with van der Waals surface area (Å²) in [5.41, 5.74) is 2.80. The molecule has 1 aromatic heterocycles. The van der Waals surface area contributed by atoms with Gasteiger partial charge in [-0.2, -0.15) is 4.99 Å². The molecule has 100 valence electrons. The molecular weight excluding hydrogens is 271 g/mol. The molecule has 1 aliphatic carbocycles. The van der Waals surface area contributed by atoms with Crippen molar-refractivity contribution in [1.82, 2.24) is 4.98 Å². The highest BCUT2D eigenvalue weighted by Gasteiger charge is 2.21. The van der Waals surface area contributed by atoms with E-state index in [1.807, 2.05) is 12.1 Å². The van der Waals surface area contributed by atoms with Gasteiger partial charge in [0.05, 0.1) is 17.0 Å². The van der Waals surface area contributed by atoms with Crippen molar-refractivity contribution in [2.45, 2.75) is 19.3 Å². The van der Waals surface area contributed by atoms with E-state index in [0.29, 0.717) is 11.4 Å². The van der Waals surface area contributed by atoms with Gasteiger partial charge in [0.15, 0.2) is 5.82 Å². The van der Waals surface area contributed by atoms with E-state index in [2.05, 4.69) is 39.5 Å². The first-order valence-electron chi connectivity index (χ1n) is 6.59. The fourth-order valence-corrected chi connectivity index (χ4v) is 2.31. The first-order valence-corrected chi connectivity index (χ1v) is 7.00. The van der Waals surface area contributed by atoms with E-state index in [0.717, 1.165) is 17.9 Å². The summed E-state index contributed by atoms with van der Waals surface area (Å²) >= 11 is 4.49. The van der Waals surface area contributed by atoms with Crippen molar-refractivity contribution in [3.05, 3.63) is 47.9 Å². The molecule has 0 radical (unpaired) electrons. The fraction of sp³-hybridized carbons (Fsp3) is 0.250. The van der Waals surface area contributed by atoms with Crippen LogP contribution in [-0.4, -0.2) is 10.1 Å². The molecule has 1 aliphatic rings. The zero-order valence-corrected chi connectivity index (χ0v) is 11.7. The van der Waals surface area contributed by atoms with Crippen LogP contribution in [0.1, 0.15) is 18.4 Å². The second-order valence-corrected chi connectivity index (χ2v) is 5.25. The molecule has 0 saturated heterocycles. The maximum Gasteiger partial charge on any atom is 0.151 e. The Kier molecular flexibility index (Phi) is 3.68. The van der Waals surface area contributed by atoms with Crippen molar-refractivity contribution in [3.8, 4) is 11.3 Å². The number of benzene rings is 1. The van der Waals surface area contributed by atoms with Crippen molar-refractivity contribution in [2.24, 2.45) is 10.9 Å². The molecule has 0 N–H and O–H groups in total. The van der Waals surface area contributed by atoms with Gasteiger partial charge in [0.25, 0.3) is 0 Å². The first kappa shape index (κ1) is 13.1. The highest BCUT2D eigenvalue weighted by atomic mass is 32.1. The van der Waals surface area contributed by atoms with E-state index in [4.69, 9.17) is 0 Å². The van der Waals surface area contributed by atoms with E-state index in [-0.39, 0.29) is 0 Å². The molecule has 20 heavy (non-hydrogen) atoms. The molecule has 1 heterocycles. The maximum atomic E-state index is 14.0. The van der Waals surface area contributed by atoms with Gasteiger partial charge in [-0.1, -0.05) is 24.3 Å². The summed E-state index contributed by atoms with van der Waals surface area (Å²) in [7, 11) is 0. The van der Waals surface area contributed by atoms with Crippen LogP contribution in [0.3, 0.4) is 0 Å². The summed E-state index contributed by atoms with van der Waals surface area (Å²) in [6, 6.07) is 9.27. The molecule has 0 spiro atoms. The van der Waals surface area contributed by atoms with E-state index >= 15 is 0 Å². The van der Waals surface area contributed by atoms with Crippen LogP contribution < -0.4 is 0 Å². The van der Waals surface area contributed by atoms with E-state index < -0.39 is 5.82 Å². The quantitative estimate of drug-likeness (QED) is 0.607. The van der Waals surface area contributed by atoms with Crippen LogP contribution in [0.4, 0.5) is 10.1 Å². The zero-order chi connectivity index (χ0) is 13.9. The second kappa shape index (κ2) is 5.61. The van der Waals surface area contributed by atoms with Gasteiger partial charge in [0.1, 0.15) is 5.69 Å². The van der Waals surface area contributed by atoms with Gasteiger partial charge in [0, 0.05) is 11.6 Å². The van der Waals surface area contributed by atoms with Gasteiger partial charge in [-0.15, -0.1) is 0 Å². The number of isothiocyanates is 1. The number of aliphatic imine (C=N–C) groups is 1. The Bertz CT molecular complexity index is 671. The van der Waals surface area contributed by atoms with Crippen molar-refractivity contribution in [3.63, 3.8) is 0 Å². The smallest absolute Gasteiger partial charge is 0.151 e. The first-order chi connectivity index (χ1) is 9.76. The minimum Gasteiger partial charge on any atom is -0.251 e. The number of nitrogens with zero attached hydrogens (tertiary/aromatic N) is 2. The Morgan fingerprint density at radius 1 is 1.30 bits per heavy atom. The van der Waals surface area contributed by atoms with Gasteiger partial charge >= 0.3 is 0 Å². The highest BCUT2D eigenvalue weighted by Crippen LogP contribution is 2.33. The second-order valence-electron chi connectivity index (χ2n) is 5.07. The predicted octanol–water partition coefficient (Wildman–Crippen LogP) is 4.57. The summed E-state index contributed by atoms with van der Waals surface area (Å²) < 4.78 is 14.0. The molecule has 0 amide bonds. The minimum atomic E-state index is -0.397. The SMILES string of the molecule is Fc1cc(N=C=S)cnc1-c1ccc(CC2CC2)cc1. The van der Waals surface area contributed by atoms with E-state index in [9.17, 15) is 4.39 Å². The van der Waals surface area contributed by atoms with Crippen molar-refractivity contribution in [1.29, 1.82) is 0 Å². The monoisotopic (exact) mass is 284 g/mol. The van der Waals surface area contributed by atoms with Crippen molar-refractivity contribution >= 4 is 23.1 Å². The van der Waals surface area contributed by atoms with Crippen LogP contribution in [0.15, 0.2) is 41.5 Å². The lowest BCUT2D eigenvalue weighted by atomic mass is 10.0. The average molecular weight is 284 g/mol. The van der Waals surface area contributed by atoms with Crippen LogP contribution in [-0.2, 0) is 6.42 Å². The number of pyridine rings is 1. The Morgan fingerprint density at radius 3 is 2.65 bits per heavy atom. The number of hydrogen-bond donors (Lipinski definition) is 0. The topological polar surface area (TPSA) is 25.2 Å². The fourth-order valence-electron chi connectivity index (χ4n) is 2.21. The third-order valence-electron chi connectivity index (χ3n) is 3.45. The largest absolute Gasteiger partial charge is 0.251 e. The van der Waals surface area contributed by atoms with Crippen LogP contribution in [0, 0.1) is 11.7 Å². The normalized spacial score (nSPS) is 13.8. The Morgan fingerprint density at radius 2 is 2.05 bits per heavy atom. The summed E-state index contributed by atoms with van der Waals surface area (Å²) in [4.78, 5) is 7.83. The number of thiocarbonyl (C=S) groups is 1. The molecule has 2 nitrogen and oxygen atoms in total. The molecule has 1 aromatic carbocycles. The molecule has 1 saturated carbocycles. The predicted molar refractivity (Wildman–Crippen MR) is 80.7 cm³/mol. The van der Waals surface area contributed by atoms with Crippen molar-refractivity contribution < 1.29 is 4.39 Å². The molecule has 2 aromatic rings. The van der Waals surface area contributed by atoms with Gasteiger partial charge in [-0.3, -0.25) is 4.98 Å². The molecule has 0 bridgehead atoms. The van der Waals surface area contributed by atoms with Crippen LogP contribution in [0.5, 0.6) is 0 Å². The summed E-state index contributed by atoms with van der Waals surface area (Å²) in [5.74, 6) is 0.453. The average Bonchev–Trinajstić information content (AvgIpc) is 3.25. The summed E-state index contributed by atoms with van der Waals surface area (Å²) in [6.07, 6.45) is 5.29. The maximum absolute atomic E-state index is 14.0. The summed E-state index contributed by atoms with van der Waals surface area (Å²) in [6.45, 7) is 0. The number of rotatable bonds is 4. The minimum absolute atomic E-state index is 0.339. The Labute approximate surface area is 122 Å². The Hall–Kier alpha value is -1.90. The highest BCUT2D eigenvalue weighted by molar-refractivity contribution is 7.78. The molecular formula is C16H13FN2S. The summed E-state index contributed by atoms with van der Waals surface area (Å²) in [5, 5.41) is 2.20. The van der Waals surface area contributed by atoms with Crippen LogP contribution in [0.2, 0.25) is 0 Å². The number of hydrogen-bond acceptors (Lipinski definition) is 3. The lowest BCUT2D eigenvalue weighted by molar-refractivity contribution is 0.626. The van der Waals surface area contributed by atoms with Gasteiger partial charge in [0.2, 0.25) is 0 Å². The van der Waals surface area contributed by atoms with E-state index in [1.165, 1.54) is 30.7 Å². The lowest BCUT2D eigenvalue weighted by Gasteiger charge is -2.05. The molecule has 4 heteroatoms. The Balaban J connectivity index is 1.85. The molecule has 0 atom stereocenters. The van der Waals surface area contributed by atoms with Crippen LogP contribution in [0.25, 0.3) is 11.3 Å². The molecule has 0 unspecified atom stereocenters. The molecule has 1 fully saturated rings. The third kappa shape index (κ3) is 2.98. The molecule has 0 aliphatic heterocycles. The standard InChI is InChI=1S/C16H13FN2S/c17-15-8-14(19-10-20)9-18-16(15)13-5-3-12(4-6-13)7-11-1-2-11/h3-6,8-9,11H,1-2,7H2. The lowest BCUT2D eigenvalue weighted by Crippen LogP contribution is -1.91. The van der Waals surface area contributed by atoms with E-state index in [1.54, 1.807) is 0 Å². The van der Waals surface area contributed by atoms with Gasteiger partial charge < -0.3 is 0 Å². The van der Waals surface area contributed by atoms with Crippen LogP contribution >= 0.6 is 12.2 Å².